The van der Waals surface area contributed by atoms with Gasteiger partial charge in [0.05, 0.1) is 16.6 Å². The molecule has 132 valence electrons. The zero-order valence-electron chi connectivity index (χ0n) is 14.1. The van der Waals surface area contributed by atoms with Crippen molar-refractivity contribution in [3.63, 3.8) is 0 Å². The van der Waals surface area contributed by atoms with Crippen molar-refractivity contribution in [3.8, 4) is 17.4 Å². The molecule has 0 aliphatic rings. The van der Waals surface area contributed by atoms with E-state index >= 15 is 0 Å². The first-order valence-electron chi connectivity index (χ1n) is 8.18. The van der Waals surface area contributed by atoms with Crippen molar-refractivity contribution >= 4 is 11.5 Å². The van der Waals surface area contributed by atoms with Crippen LogP contribution in [0.1, 0.15) is 21.7 Å². The highest BCUT2D eigenvalue weighted by atomic mass is 19.1. The van der Waals surface area contributed by atoms with E-state index in [1.807, 2.05) is 24.4 Å². The summed E-state index contributed by atoms with van der Waals surface area (Å²) in [6.07, 6.45) is 3.56. The van der Waals surface area contributed by atoms with Gasteiger partial charge < -0.3 is 13.6 Å². The molecule has 4 aromatic rings. The summed E-state index contributed by atoms with van der Waals surface area (Å²) in [5, 5.41) is 9.39. The minimum absolute atomic E-state index is 0.0319. The molecule has 0 radical (unpaired) electrons. The van der Waals surface area contributed by atoms with Gasteiger partial charge in [0.2, 0.25) is 5.76 Å². The zero-order chi connectivity index (χ0) is 18.8. The standard InChI is InChI=1S/C21H13FN2O3/c22-17-6-2-1-5-15(17)19-8-9-20(27-19)21(25)26-13-14-12-24-10-4-3-7-18(24)16(14)11-23/h1-10,12H,13H2. The predicted octanol–water partition coefficient (Wildman–Crippen LogP) is 4.57. The Hall–Kier alpha value is -3.85. The molecule has 0 aliphatic heterocycles. The Labute approximate surface area is 153 Å². The number of carbonyl (C=O) groups excluding carboxylic acids is 1. The van der Waals surface area contributed by atoms with E-state index in [1.54, 1.807) is 28.8 Å². The van der Waals surface area contributed by atoms with Gasteiger partial charge in [0, 0.05) is 18.0 Å². The third-order valence-electron chi connectivity index (χ3n) is 4.18. The maximum absolute atomic E-state index is 13.8. The highest BCUT2D eigenvalue weighted by Gasteiger charge is 2.17. The van der Waals surface area contributed by atoms with Crippen LogP contribution < -0.4 is 0 Å². The molecular weight excluding hydrogens is 347 g/mol. The van der Waals surface area contributed by atoms with Gasteiger partial charge in [-0.15, -0.1) is 0 Å². The van der Waals surface area contributed by atoms with E-state index in [0.29, 0.717) is 11.1 Å². The smallest absolute Gasteiger partial charge is 0.374 e. The third kappa shape index (κ3) is 3.07. The van der Waals surface area contributed by atoms with E-state index in [9.17, 15) is 14.4 Å². The predicted molar refractivity (Wildman–Crippen MR) is 95.3 cm³/mol. The lowest BCUT2D eigenvalue weighted by Gasteiger charge is -2.02. The minimum Gasteiger partial charge on any atom is -0.455 e. The summed E-state index contributed by atoms with van der Waals surface area (Å²) in [5.74, 6) is -0.912. The number of nitriles is 1. The van der Waals surface area contributed by atoms with Crippen LogP contribution in [0.15, 0.2) is 71.4 Å². The number of ether oxygens (including phenoxy) is 1. The van der Waals surface area contributed by atoms with Crippen LogP contribution in [0, 0.1) is 17.1 Å². The summed E-state index contributed by atoms with van der Waals surface area (Å²) in [6, 6.07) is 16.7. The van der Waals surface area contributed by atoms with Gasteiger partial charge >= 0.3 is 5.97 Å². The van der Waals surface area contributed by atoms with Crippen LogP contribution >= 0.6 is 0 Å². The Kier molecular flexibility index (Phi) is 4.19. The maximum Gasteiger partial charge on any atom is 0.374 e. The lowest BCUT2D eigenvalue weighted by atomic mass is 10.1. The zero-order valence-corrected chi connectivity index (χ0v) is 14.1. The molecule has 0 atom stereocenters. The first-order valence-corrected chi connectivity index (χ1v) is 8.18. The van der Waals surface area contributed by atoms with Crippen LogP contribution in [-0.4, -0.2) is 10.4 Å². The van der Waals surface area contributed by atoms with Gasteiger partial charge in [0.15, 0.2) is 0 Å². The van der Waals surface area contributed by atoms with Crippen LogP contribution in [0.3, 0.4) is 0 Å². The quantitative estimate of drug-likeness (QED) is 0.500. The number of hydrogen-bond acceptors (Lipinski definition) is 4. The lowest BCUT2D eigenvalue weighted by Crippen LogP contribution is -2.04. The molecule has 4 rings (SSSR count). The number of aromatic nitrogens is 1. The van der Waals surface area contributed by atoms with Crippen LogP contribution in [0.25, 0.3) is 16.8 Å². The molecule has 0 fully saturated rings. The number of rotatable bonds is 4. The molecule has 0 aliphatic carbocycles. The Balaban J connectivity index is 1.53. The van der Waals surface area contributed by atoms with Gasteiger partial charge in [0.25, 0.3) is 0 Å². The molecule has 0 N–H and O–H groups in total. The Bertz CT molecular complexity index is 1180. The van der Waals surface area contributed by atoms with Gasteiger partial charge in [-0.25, -0.2) is 9.18 Å². The van der Waals surface area contributed by atoms with Crippen molar-refractivity contribution in [1.82, 2.24) is 4.40 Å². The van der Waals surface area contributed by atoms with E-state index in [1.165, 1.54) is 18.2 Å². The molecule has 3 heterocycles. The molecule has 0 saturated heterocycles. The number of halogens is 1. The number of pyridine rings is 1. The van der Waals surface area contributed by atoms with Crippen LogP contribution in [0.2, 0.25) is 0 Å². The van der Waals surface area contributed by atoms with Crippen LogP contribution in [-0.2, 0) is 11.3 Å². The molecule has 0 unspecified atom stereocenters. The Morgan fingerprint density at radius 1 is 1.15 bits per heavy atom. The summed E-state index contributed by atoms with van der Waals surface area (Å²) >= 11 is 0. The van der Waals surface area contributed by atoms with Crippen molar-refractivity contribution in [1.29, 1.82) is 5.26 Å². The summed E-state index contributed by atoms with van der Waals surface area (Å²) in [5.41, 5.74) is 2.06. The van der Waals surface area contributed by atoms with Gasteiger partial charge in [-0.3, -0.25) is 0 Å². The fraction of sp³-hybridized carbons (Fsp3) is 0.0476. The molecule has 5 nitrogen and oxygen atoms in total. The van der Waals surface area contributed by atoms with Gasteiger partial charge in [-0.1, -0.05) is 18.2 Å². The van der Waals surface area contributed by atoms with E-state index in [0.717, 1.165) is 5.52 Å². The monoisotopic (exact) mass is 360 g/mol. The largest absolute Gasteiger partial charge is 0.455 e. The average Bonchev–Trinajstić information content (AvgIpc) is 3.31. The first kappa shape index (κ1) is 16.6. The molecule has 3 aromatic heterocycles. The van der Waals surface area contributed by atoms with Crippen LogP contribution in [0.5, 0.6) is 0 Å². The van der Waals surface area contributed by atoms with Gasteiger partial charge in [0.1, 0.15) is 24.3 Å². The van der Waals surface area contributed by atoms with Gasteiger partial charge in [-0.05, 0) is 36.4 Å². The first-order chi connectivity index (χ1) is 13.2. The highest BCUT2D eigenvalue weighted by molar-refractivity contribution is 5.87. The normalized spacial score (nSPS) is 10.7. The molecule has 0 amide bonds. The van der Waals surface area contributed by atoms with E-state index in [2.05, 4.69) is 6.07 Å². The molecule has 27 heavy (non-hydrogen) atoms. The average molecular weight is 360 g/mol. The second-order valence-corrected chi connectivity index (χ2v) is 5.85. The number of benzene rings is 1. The number of nitrogens with zero attached hydrogens (tertiary/aromatic N) is 2. The van der Waals surface area contributed by atoms with Crippen molar-refractivity contribution in [2.75, 3.05) is 0 Å². The SMILES string of the molecule is N#Cc1c(COC(=O)c2ccc(-c3ccccc3F)o2)cn2ccccc12. The lowest BCUT2D eigenvalue weighted by molar-refractivity contribution is 0.0437. The summed E-state index contributed by atoms with van der Waals surface area (Å²) in [4.78, 5) is 12.3. The summed E-state index contributed by atoms with van der Waals surface area (Å²) in [6.45, 7) is -0.0703. The van der Waals surface area contributed by atoms with Crippen molar-refractivity contribution in [2.45, 2.75) is 6.61 Å². The fourth-order valence-electron chi connectivity index (χ4n) is 2.88. The number of fused-ring (bicyclic) bond motifs is 1. The third-order valence-corrected chi connectivity index (χ3v) is 4.18. The van der Waals surface area contributed by atoms with Crippen molar-refractivity contribution in [2.24, 2.45) is 0 Å². The molecule has 1 aromatic carbocycles. The number of esters is 1. The van der Waals surface area contributed by atoms with Crippen LogP contribution in [0.4, 0.5) is 4.39 Å². The molecule has 6 heteroatoms. The summed E-state index contributed by atoms with van der Waals surface area (Å²) in [7, 11) is 0. The highest BCUT2D eigenvalue weighted by Crippen LogP contribution is 2.25. The molecule has 0 saturated carbocycles. The number of hydrogen-bond donors (Lipinski definition) is 0. The number of carbonyl (C=O) groups is 1. The second-order valence-electron chi connectivity index (χ2n) is 5.85. The fourth-order valence-corrected chi connectivity index (χ4v) is 2.88. The van der Waals surface area contributed by atoms with Gasteiger partial charge in [-0.2, -0.15) is 5.26 Å². The van der Waals surface area contributed by atoms with Crippen molar-refractivity contribution in [3.05, 3.63) is 89.7 Å². The summed E-state index contributed by atoms with van der Waals surface area (Å²) < 4.78 is 26.3. The Morgan fingerprint density at radius 3 is 2.78 bits per heavy atom. The van der Waals surface area contributed by atoms with E-state index in [-0.39, 0.29) is 23.7 Å². The Morgan fingerprint density at radius 2 is 1.96 bits per heavy atom. The van der Waals surface area contributed by atoms with E-state index < -0.39 is 11.8 Å². The van der Waals surface area contributed by atoms with Crippen molar-refractivity contribution < 1.29 is 18.3 Å². The minimum atomic E-state index is -0.684. The molecule has 0 spiro atoms. The molecular formula is C21H13FN2O3. The number of furan rings is 1. The second kappa shape index (κ2) is 6.81. The maximum atomic E-state index is 13.8. The van der Waals surface area contributed by atoms with E-state index in [4.69, 9.17) is 9.15 Å². The topological polar surface area (TPSA) is 67.6 Å². The molecule has 0 bridgehead atoms.